The highest BCUT2D eigenvalue weighted by Gasteiger charge is 2.24. The number of furan rings is 1. The van der Waals surface area contributed by atoms with Crippen LogP contribution in [0.3, 0.4) is 0 Å². The van der Waals surface area contributed by atoms with Crippen LogP contribution in [0, 0.1) is 0 Å². The second-order valence-electron chi connectivity index (χ2n) is 14.2. The summed E-state index contributed by atoms with van der Waals surface area (Å²) >= 11 is 0. The fourth-order valence-electron chi connectivity index (χ4n) is 8.63. The molecular weight excluding hydrogens is 659 g/mol. The first-order valence-corrected chi connectivity index (χ1v) is 18.7. The number of nitrogens with zero attached hydrogens (tertiary/aromatic N) is 2. The van der Waals surface area contributed by atoms with Gasteiger partial charge < -0.3 is 14.3 Å². The van der Waals surface area contributed by atoms with E-state index in [4.69, 9.17) is 9.41 Å². The van der Waals surface area contributed by atoms with Crippen LogP contribution < -0.4 is 26.5 Å². The third-order valence-electron chi connectivity index (χ3n) is 11.1. The number of hydrogen-bond donors (Lipinski definition) is 1. The number of nitrogens with one attached hydrogen (secondary N) is 1. The molecule has 1 N–H and O–H groups in total. The molecule has 1 aliphatic carbocycles. The number of benzene rings is 7. The van der Waals surface area contributed by atoms with E-state index in [0.29, 0.717) is 0 Å². The Kier molecular flexibility index (Phi) is 7.02. The third kappa shape index (κ3) is 4.87. The van der Waals surface area contributed by atoms with Gasteiger partial charge in [-0.25, -0.2) is 0 Å². The number of aromatic nitrogens is 1. The molecule has 1 unspecified atom stereocenters. The zero-order chi connectivity index (χ0) is 35.6. The first-order valence-electron chi connectivity index (χ1n) is 18.7. The lowest BCUT2D eigenvalue weighted by molar-refractivity contribution is 0.563. The summed E-state index contributed by atoms with van der Waals surface area (Å²) in [5, 5.41) is 10.7. The van der Waals surface area contributed by atoms with Crippen molar-refractivity contribution in [2.75, 3.05) is 0 Å². The zero-order valence-corrected chi connectivity index (χ0v) is 29.5. The van der Waals surface area contributed by atoms with Crippen LogP contribution in [0.5, 0.6) is 0 Å². The maximum Gasteiger partial charge on any atom is 0.154 e. The van der Waals surface area contributed by atoms with Gasteiger partial charge in [0.25, 0.3) is 0 Å². The first-order chi connectivity index (χ1) is 26.8. The molecule has 0 amide bonds. The normalized spacial score (nSPS) is 15.1. The number of rotatable bonds is 5. The van der Waals surface area contributed by atoms with E-state index in [2.05, 4.69) is 186 Å². The molecule has 0 saturated heterocycles. The minimum atomic E-state index is -0.277. The molecule has 4 heteroatoms. The topological polar surface area (TPSA) is 42.5 Å². The van der Waals surface area contributed by atoms with E-state index >= 15 is 0 Å². The van der Waals surface area contributed by atoms with Crippen molar-refractivity contribution in [1.29, 1.82) is 0 Å². The number of para-hydroxylation sites is 1. The van der Waals surface area contributed by atoms with Gasteiger partial charge in [0.1, 0.15) is 11.7 Å². The van der Waals surface area contributed by atoms with Crippen LogP contribution in [-0.4, -0.2) is 4.57 Å². The molecule has 0 saturated carbocycles. The Morgan fingerprint density at radius 2 is 1.19 bits per heavy atom. The summed E-state index contributed by atoms with van der Waals surface area (Å²) in [6.07, 6.45) is 3.87. The summed E-state index contributed by atoms with van der Waals surface area (Å²) in [5.74, 6) is 0. The lowest BCUT2D eigenvalue weighted by Gasteiger charge is -2.23. The van der Waals surface area contributed by atoms with Crippen molar-refractivity contribution in [3.63, 3.8) is 0 Å². The molecule has 1 atom stereocenters. The summed E-state index contributed by atoms with van der Waals surface area (Å²) in [6, 6.07) is 60.5. The molecule has 9 aromatic rings. The predicted molar refractivity (Wildman–Crippen MR) is 220 cm³/mol. The fourth-order valence-corrected chi connectivity index (χ4v) is 8.63. The van der Waals surface area contributed by atoms with Crippen molar-refractivity contribution in [2.24, 2.45) is 4.99 Å². The summed E-state index contributed by atoms with van der Waals surface area (Å²) < 4.78 is 9.42. The molecule has 3 heterocycles. The Balaban J connectivity index is 1.14. The highest BCUT2D eigenvalue weighted by Crippen LogP contribution is 2.38. The molecule has 2 aliphatic rings. The maximum absolute atomic E-state index is 6.96. The van der Waals surface area contributed by atoms with Crippen LogP contribution in [0.15, 0.2) is 179 Å². The predicted octanol–water partition coefficient (Wildman–Crippen LogP) is 9.18. The van der Waals surface area contributed by atoms with Crippen molar-refractivity contribution in [3.05, 3.63) is 202 Å². The molecule has 0 spiro atoms. The maximum atomic E-state index is 6.96. The Morgan fingerprint density at radius 1 is 0.574 bits per heavy atom. The molecule has 4 nitrogen and oxygen atoms in total. The average Bonchev–Trinajstić information content (AvgIpc) is 3.79. The lowest BCUT2D eigenvalue weighted by Crippen LogP contribution is -2.40. The smallest absolute Gasteiger partial charge is 0.154 e. The molecular formula is C50H35N3O. The second-order valence-corrected chi connectivity index (χ2v) is 14.2. The first kappa shape index (κ1) is 30.7. The summed E-state index contributed by atoms with van der Waals surface area (Å²) in [6.45, 7) is 0. The quantitative estimate of drug-likeness (QED) is 0.195. The highest BCUT2D eigenvalue weighted by molar-refractivity contribution is 6.12. The zero-order valence-electron chi connectivity index (χ0n) is 29.5. The highest BCUT2D eigenvalue weighted by atomic mass is 16.3. The van der Waals surface area contributed by atoms with E-state index in [-0.39, 0.29) is 6.17 Å². The molecule has 7 aromatic carbocycles. The Labute approximate surface area is 312 Å². The van der Waals surface area contributed by atoms with E-state index in [9.17, 15) is 0 Å². The van der Waals surface area contributed by atoms with Crippen LogP contribution >= 0.6 is 0 Å². The third-order valence-corrected chi connectivity index (χ3v) is 11.1. The van der Waals surface area contributed by atoms with E-state index in [1.165, 1.54) is 49.8 Å². The SMILES string of the molecule is C1=c2c(oc3cccc(C4N=c5ccccc5=C(c5ccccc5)N4)c23)=C(n2c3ccc(-c4ccccc4)cc3c3cc(-c4ccccc4)ccc32)CC1. The van der Waals surface area contributed by atoms with Crippen molar-refractivity contribution in [3.8, 4) is 22.3 Å². The molecule has 0 fully saturated rings. The molecule has 54 heavy (non-hydrogen) atoms. The second kappa shape index (κ2) is 12.4. The summed E-state index contributed by atoms with van der Waals surface area (Å²) in [4.78, 5) is 5.29. The number of fused-ring (bicyclic) bond motifs is 7. The van der Waals surface area contributed by atoms with E-state index in [1.54, 1.807) is 0 Å². The Bertz CT molecular complexity index is 3080. The van der Waals surface area contributed by atoms with Gasteiger partial charge in [-0.3, -0.25) is 4.99 Å². The van der Waals surface area contributed by atoms with Crippen LogP contribution in [0.25, 0.3) is 72.5 Å². The van der Waals surface area contributed by atoms with Gasteiger partial charge in [-0.1, -0.05) is 140 Å². The van der Waals surface area contributed by atoms with Crippen molar-refractivity contribution >= 4 is 50.2 Å². The molecule has 0 bridgehead atoms. The van der Waals surface area contributed by atoms with Gasteiger partial charge in [0.15, 0.2) is 5.42 Å². The monoisotopic (exact) mass is 693 g/mol. The molecule has 1 aliphatic heterocycles. The molecule has 2 aromatic heterocycles. The fraction of sp³-hybridized carbons (Fsp3) is 0.0600. The Hall–Kier alpha value is -6.91. The largest absolute Gasteiger partial charge is 0.454 e. The van der Waals surface area contributed by atoms with Gasteiger partial charge in [0, 0.05) is 32.2 Å². The Morgan fingerprint density at radius 3 is 1.85 bits per heavy atom. The van der Waals surface area contributed by atoms with Gasteiger partial charge in [0.2, 0.25) is 0 Å². The van der Waals surface area contributed by atoms with E-state index < -0.39 is 0 Å². The summed E-state index contributed by atoms with van der Waals surface area (Å²) in [7, 11) is 0. The standard InChI is InChI=1S/C50H35N3O/c1-4-14-32(15-5-1)35-26-28-43-40(30-35)41-31-36(33-16-6-2-7-17-33)27-29-44(41)53(43)45-24-12-21-38-47-39(22-13-25-46(47)54-49(38)45)50-51-42-23-11-10-20-37(42)48(52-50)34-18-8-3-9-19-34/h1-11,13-23,25-31,50,52H,12,24H2. The van der Waals surface area contributed by atoms with Crippen LogP contribution in [-0.2, 0) is 0 Å². The summed E-state index contributed by atoms with van der Waals surface area (Å²) in [5.41, 5.74) is 13.5. The molecule has 256 valence electrons. The lowest BCUT2D eigenvalue weighted by atomic mass is 10.0. The van der Waals surface area contributed by atoms with Crippen LogP contribution in [0.2, 0.25) is 0 Å². The van der Waals surface area contributed by atoms with Crippen molar-refractivity contribution in [1.82, 2.24) is 9.88 Å². The molecule has 11 rings (SSSR count). The van der Waals surface area contributed by atoms with Gasteiger partial charge >= 0.3 is 0 Å². The number of hydrogen-bond acceptors (Lipinski definition) is 3. The molecule has 0 radical (unpaired) electrons. The van der Waals surface area contributed by atoms with Gasteiger partial charge in [-0.05, 0) is 77.1 Å². The van der Waals surface area contributed by atoms with Crippen LogP contribution in [0.4, 0.5) is 0 Å². The van der Waals surface area contributed by atoms with E-state index in [0.717, 1.165) is 61.8 Å². The van der Waals surface area contributed by atoms with Gasteiger partial charge in [-0.15, -0.1) is 0 Å². The minimum Gasteiger partial charge on any atom is -0.454 e. The van der Waals surface area contributed by atoms with Gasteiger partial charge in [0.05, 0.1) is 27.8 Å². The minimum absolute atomic E-state index is 0.277. The van der Waals surface area contributed by atoms with Gasteiger partial charge in [-0.2, -0.15) is 0 Å². The van der Waals surface area contributed by atoms with Crippen molar-refractivity contribution < 1.29 is 4.42 Å². The van der Waals surface area contributed by atoms with Crippen LogP contribution in [0.1, 0.15) is 30.1 Å². The van der Waals surface area contributed by atoms with E-state index in [1.807, 2.05) is 0 Å². The average molecular weight is 694 g/mol. The van der Waals surface area contributed by atoms with Crippen molar-refractivity contribution in [2.45, 2.75) is 19.0 Å².